The summed E-state index contributed by atoms with van der Waals surface area (Å²) >= 11 is 0. The third-order valence-corrected chi connectivity index (χ3v) is 3.50. The Balaban J connectivity index is 2.35. The van der Waals surface area contributed by atoms with Crippen LogP contribution in [-0.2, 0) is 4.74 Å². The number of carbonyl (C=O) groups excluding carboxylic acids is 1. The van der Waals surface area contributed by atoms with Crippen molar-refractivity contribution in [1.29, 1.82) is 0 Å². The second-order valence-corrected chi connectivity index (χ2v) is 5.44. The molecule has 4 heteroatoms. The fourth-order valence-corrected chi connectivity index (χ4v) is 2.32. The summed E-state index contributed by atoms with van der Waals surface area (Å²) in [6.07, 6.45) is 0. The first-order valence-electron chi connectivity index (χ1n) is 6.63. The molecule has 17 heavy (non-hydrogen) atoms. The van der Waals surface area contributed by atoms with E-state index in [0.717, 1.165) is 6.54 Å². The fraction of sp³-hybridized carbons (Fsp3) is 0.923. The highest BCUT2D eigenvalue weighted by molar-refractivity contribution is 5.74. The zero-order valence-corrected chi connectivity index (χ0v) is 11.5. The van der Waals surface area contributed by atoms with Crippen molar-refractivity contribution >= 4 is 6.03 Å². The van der Waals surface area contributed by atoms with E-state index in [-0.39, 0.29) is 6.03 Å². The van der Waals surface area contributed by atoms with Crippen LogP contribution >= 0.6 is 0 Å². The third-order valence-electron chi connectivity index (χ3n) is 3.50. The molecule has 0 aromatic carbocycles. The summed E-state index contributed by atoms with van der Waals surface area (Å²) in [5.41, 5.74) is 0. The Morgan fingerprint density at radius 1 is 1.18 bits per heavy atom. The molecule has 0 aromatic rings. The van der Waals surface area contributed by atoms with Crippen LogP contribution in [0.15, 0.2) is 0 Å². The lowest BCUT2D eigenvalue weighted by molar-refractivity contribution is 0.0526. The molecule has 1 fully saturated rings. The van der Waals surface area contributed by atoms with Crippen molar-refractivity contribution in [1.82, 2.24) is 10.2 Å². The molecule has 0 bridgehead atoms. The van der Waals surface area contributed by atoms with Crippen molar-refractivity contribution < 1.29 is 9.53 Å². The number of urea groups is 1. The second kappa shape index (κ2) is 6.84. The average molecular weight is 242 g/mol. The van der Waals surface area contributed by atoms with Crippen LogP contribution in [0.2, 0.25) is 0 Å². The van der Waals surface area contributed by atoms with Crippen molar-refractivity contribution in [3.05, 3.63) is 0 Å². The number of rotatable bonds is 4. The van der Waals surface area contributed by atoms with Crippen molar-refractivity contribution in [3.63, 3.8) is 0 Å². The molecule has 0 atom stereocenters. The van der Waals surface area contributed by atoms with E-state index in [4.69, 9.17) is 4.74 Å². The molecule has 0 radical (unpaired) electrons. The van der Waals surface area contributed by atoms with Gasteiger partial charge in [0.25, 0.3) is 0 Å². The van der Waals surface area contributed by atoms with Crippen molar-refractivity contribution in [3.8, 4) is 0 Å². The normalized spacial score (nSPS) is 17.0. The lowest BCUT2D eigenvalue weighted by atomic mass is 9.85. The smallest absolute Gasteiger partial charge is 0.317 e. The van der Waals surface area contributed by atoms with Crippen LogP contribution in [0.25, 0.3) is 0 Å². The van der Waals surface area contributed by atoms with E-state index in [2.05, 4.69) is 33.0 Å². The van der Waals surface area contributed by atoms with E-state index in [0.29, 0.717) is 44.1 Å². The molecule has 0 spiro atoms. The van der Waals surface area contributed by atoms with Gasteiger partial charge < -0.3 is 15.0 Å². The fourth-order valence-electron chi connectivity index (χ4n) is 2.32. The van der Waals surface area contributed by atoms with Gasteiger partial charge in [-0.25, -0.2) is 4.79 Å². The van der Waals surface area contributed by atoms with Crippen molar-refractivity contribution in [2.45, 2.75) is 27.7 Å². The summed E-state index contributed by atoms with van der Waals surface area (Å²) in [4.78, 5) is 13.7. The summed E-state index contributed by atoms with van der Waals surface area (Å²) in [6.45, 7) is 12.4. The van der Waals surface area contributed by atoms with E-state index in [1.165, 1.54) is 0 Å². The molecule has 1 rings (SSSR count). The summed E-state index contributed by atoms with van der Waals surface area (Å²) in [6, 6.07) is 0.0552. The summed E-state index contributed by atoms with van der Waals surface area (Å²) in [5, 5.41) is 3.05. The number of hydrogen-bond donors (Lipinski definition) is 1. The maximum atomic E-state index is 11.9. The van der Waals surface area contributed by atoms with Gasteiger partial charge in [0.15, 0.2) is 0 Å². The minimum absolute atomic E-state index is 0.0552. The van der Waals surface area contributed by atoms with Crippen LogP contribution in [0.4, 0.5) is 4.79 Å². The lowest BCUT2D eigenvalue weighted by Crippen LogP contribution is -2.47. The van der Waals surface area contributed by atoms with E-state index in [9.17, 15) is 4.79 Å². The minimum atomic E-state index is 0.0552. The Morgan fingerprint density at radius 3 is 2.18 bits per heavy atom. The molecule has 1 saturated heterocycles. The van der Waals surface area contributed by atoms with Crippen molar-refractivity contribution in [2.24, 2.45) is 17.8 Å². The number of hydrogen-bond acceptors (Lipinski definition) is 2. The molecule has 1 aliphatic rings. The number of morpholine rings is 1. The van der Waals surface area contributed by atoms with E-state index in [1.807, 2.05) is 4.90 Å². The van der Waals surface area contributed by atoms with Gasteiger partial charge in [-0.3, -0.25) is 0 Å². The van der Waals surface area contributed by atoms with Crippen LogP contribution in [-0.4, -0.2) is 43.8 Å². The minimum Gasteiger partial charge on any atom is -0.378 e. The zero-order chi connectivity index (χ0) is 12.8. The number of ether oxygens (including phenoxy) is 1. The number of carbonyl (C=O) groups is 1. The van der Waals surface area contributed by atoms with Gasteiger partial charge in [0.1, 0.15) is 0 Å². The van der Waals surface area contributed by atoms with E-state index in [1.54, 1.807) is 0 Å². The summed E-state index contributed by atoms with van der Waals surface area (Å²) < 4.78 is 5.23. The SMILES string of the molecule is CC(C)C(CNC(=O)N1CCOCC1)C(C)C. The highest BCUT2D eigenvalue weighted by Crippen LogP contribution is 2.19. The number of amides is 2. The Bertz CT molecular complexity index is 228. The number of nitrogens with zero attached hydrogens (tertiary/aromatic N) is 1. The molecule has 4 nitrogen and oxygen atoms in total. The molecule has 1 heterocycles. The van der Waals surface area contributed by atoms with Crippen molar-refractivity contribution in [2.75, 3.05) is 32.8 Å². The lowest BCUT2D eigenvalue weighted by Gasteiger charge is -2.30. The summed E-state index contributed by atoms with van der Waals surface area (Å²) in [7, 11) is 0. The van der Waals surface area contributed by atoms with E-state index >= 15 is 0 Å². The van der Waals surface area contributed by atoms with Gasteiger partial charge in [-0.05, 0) is 17.8 Å². The first-order valence-corrected chi connectivity index (χ1v) is 6.63. The van der Waals surface area contributed by atoms with Crippen LogP contribution in [0.3, 0.4) is 0 Å². The monoisotopic (exact) mass is 242 g/mol. The quantitative estimate of drug-likeness (QED) is 0.818. The predicted molar refractivity (Wildman–Crippen MR) is 69.0 cm³/mol. The van der Waals surface area contributed by atoms with Gasteiger partial charge in [0.2, 0.25) is 0 Å². The average Bonchev–Trinajstić information content (AvgIpc) is 2.29. The maximum Gasteiger partial charge on any atom is 0.317 e. The predicted octanol–water partition coefficient (Wildman–Crippen LogP) is 1.96. The van der Waals surface area contributed by atoms with Gasteiger partial charge in [0, 0.05) is 19.6 Å². The zero-order valence-electron chi connectivity index (χ0n) is 11.5. The van der Waals surface area contributed by atoms with Gasteiger partial charge >= 0.3 is 6.03 Å². The molecule has 100 valence electrons. The Kier molecular flexibility index (Phi) is 5.75. The van der Waals surface area contributed by atoms with Crippen LogP contribution < -0.4 is 5.32 Å². The first-order chi connectivity index (χ1) is 8.02. The van der Waals surface area contributed by atoms with Gasteiger partial charge in [-0.15, -0.1) is 0 Å². The Morgan fingerprint density at radius 2 is 1.71 bits per heavy atom. The molecule has 0 aliphatic carbocycles. The van der Waals surface area contributed by atoms with E-state index < -0.39 is 0 Å². The Hall–Kier alpha value is -0.770. The van der Waals surface area contributed by atoms with Crippen LogP contribution in [0.1, 0.15) is 27.7 Å². The molecule has 0 unspecified atom stereocenters. The third kappa shape index (κ3) is 4.54. The molecule has 0 saturated carbocycles. The maximum absolute atomic E-state index is 11.9. The molecule has 1 aliphatic heterocycles. The van der Waals surface area contributed by atoms with Gasteiger partial charge in [-0.2, -0.15) is 0 Å². The molecular weight excluding hydrogens is 216 g/mol. The Labute approximate surface area is 105 Å². The highest BCUT2D eigenvalue weighted by atomic mass is 16.5. The van der Waals surface area contributed by atoms with Crippen LogP contribution in [0.5, 0.6) is 0 Å². The van der Waals surface area contributed by atoms with Gasteiger partial charge in [0.05, 0.1) is 13.2 Å². The van der Waals surface area contributed by atoms with Gasteiger partial charge in [-0.1, -0.05) is 27.7 Å². The largest absolute Gasteiger partial charge is 0.378 e. The second-order valence-electron chi connectivity index (χ2n) is 5.44. The highest BCUT2D eigenvalue weighted by Gasteiger charge is 2.21. The molecule has 1 N–H and O–H groups in total. The topological polar surface area (TPSA) is 41.6 Å². The standard InChI is InChI=1S/C13H26N2O2/c1-10(2)12(11(3)4)9-14-13(16)15-5-7-17-8-6-15/h10-12H,5-9H2,1-4H3,(H,14,16). The molecule has 0 aromatic heterocycles. The van der Waals surface area contributed by atoms with Crippen LogP contribution in [0, 0.1) is 17.8 Å². The molecular formula is C13H26N2O2. The first kappa shape index (κ1) is 14.3. The number of nitrogens with one attached hydrogen (secondary N) is 1. The molecule has 2 amide bonds. The summed E-state index contributed by atoms with van der Waals surface area (Å²) in [5.74, 6) is 1.74.